The van der Waals surface area contributed by atoms with Crippen molar-refractivity contribution < 1.29 is 19.0 Å². The number of rotatable bonds is 7. The fourth-order valence-corrected chi connectivity index (χ4v) is 4.04. The maximum absolute atomic E-state index is 12.8. The molecule has 5 rings (SSSR count). The summed E-state index contributed by atoms with van der Waals surface area (Å²) in [4.78, 5) is 30.7. The van der Waals surface area contributed by atoms with Crippen LogP contribution in [0.2, 0.25) is 0 Å². The molecule has 2 aromatic heterocycles. The summed E-state index contributed by atoms with van der Waals surface area (Å²) in [7, 11) is 0. The molecule has 2 amide bonds. The van der Waals surface area contributed by atoms with E-state index in [4.69, 9.17) is 14.2 Å². The number of carbonyl (C=O) groups excluding carboxylic acids is 1. The van der Waals surface area contributed by atoms with Crippen LogP contribution in [-0.4, -0.2) is 91.6 Å². The van der Waals surface area contributed by atoms with Crippen LogP contribution in [0.3, 0.4) is 0 Å². The Kier molecular flexibility index (Phi) is 7.47. The molecule has 0 saturated carbocycles. The van der Waals surface area contributed by atoms with Gasteiger partial charge in [-0.25, -0.2) is 4.79 Å². The van der Waals surface area contributed by atoms with Crippen molar-refractivity contribution in [1.82, 2.24) is 19.9 Å². The highest BCUT2D eigenvalue weighted by Gasteiger charge is 2.18. The van der Waals surface area contributed by atoms with Crippen molar-refractivity contribution in [2.24, 2.45) is 0 Å². The van der Waals surface area contributed by atoms with E-state index in [1.807, 2.05) is 35.2 Å². The van der Waals surface area contributed by atoms with Gasteiger partial charge < -0.3 is 24.4 Å². The van der Waals surface area contributed by atoms with E-state index in [0.717, 1.165) is 43.8 Å². The molecule has 0 radical (unpaired) electrons. The Balaban J connectivity index is 1.29. The standard InChI is InChI=1S/C24H29N7O4/c32-24(26-20-5-1-4-19-18(20)3-2-6-25-19)28-21-17-22(35-16-9-30-7-12-33-13-8-30)29-23(27-21)31-10-14-34-15-11-31/h1-6,17H,7-16H2,(H2,26,27,28,29,32). The first-order valence-electron chi connectivity index (χ1n) is 11.8. The van der Waals surface area contributed by atoms with Crippen LogP contribution >= 0.6 is 0 Å². The van der Waals surface area contributed by atoms with Gasteiger partial charge in [0.2, 0.25) is 11.8 Å². The van der Waals surface area contributed by atoms with Gasteiger partial charge in [-0.05, 0) is 24.3 Å². The van der Waals surface area contributed by atoms with E-state index in [1.54, 1.807) is 12.3 Å². The first kappa shape index (κ1) is 23.2. The first-order chi connectivity index (χ1) is 17.2. The van der Waals surface area contributed by atoms with E-state index < -0.39 is 6.03 Å². The summed E-state index contributed by atoms with van der Waals surface area (Å²) in [6.07, 6.45) is 1.72. The minimum absolute atomic E-state index is 0.360. The zero-order valence-electron chi connectivity index (χ0n) is 19.5. The average molecular weight is 480 g/mol. The van der Waals surface area contributed by atoms with E-state index in [0.29, 0.717) is 56.2 Å². The molecule has 184 valence electrons. The zero-order chi connectivity index (χ0) is 23.9. The number of morpholine rings is 2. The van der Waals surface area contributed by atoms with E-state index >= 15 is 0 Å². The van der Waals surface area contributed by atoms with Crippen LogP contribution < -0.4 is 20.3 Å². The lowest BCUT2D eigenvalue weighted by Crippen LogP contribution is -2.39. The van der Waals surface area contributed by atoms with Crippen LogP contribution in [0.5, 0.6) is 5.88 Å². The number of hydrogen-bond acceptors (Lipinski definition) is 9. The number of hydrogen-bond donors (Lipinski definition) is 2. The lowest BCUT2D eigenvalue weighted by atomic mass is 10.2. The number of amides is 2. The minimum atomic E-state index is -0.410. The number of aromatic nitrogens is 3. The van der Waals surface area contributed by atoms with Crippen molar-refractivity contribution in [3.8, 4) is 5.88 Å². The Labute approximate surface area is 203 Å². The molecule has 0 unspecified atom stereocenters. The lowest BCUT2D eigenvalue weighted by molar-refractivity contribution is 0.0320. The third kappa shape index (κ3) is 6.13. The van der Waals surface area contributed by atoms with Crippen molar-refractivity contribution in [2.45, 2.75) is 0 Å². The molecule has 35 heavy (non-hydrogen) atoms. The zero-order valence-corrected chi connectivity index (χ0v) is 19.5. The summed E-state index contributed by atoms with van der Waals surface area (Å²) in [5.41, 5.74) is 1.47. The number of ether oxygens (including phenoxy) is 3. The summed E-state index contributed by atoms with van der Waals surface area (Å²) in [5.74, 6) is 1.28. The van der Waals surface area contributed by atoms with Crippen molar-refractivity contribution in [3.63, 3.8) is 0 Å². The Morgan fingerprint density at radius 2 is 1.77 bits per heavy atom. The molecule has 0 aliphatic carbocycles. The van der Waals surface area contributed by atoms with Gasteiger partial charge in [-0.1, -0.05) is 6.07 Å². The quantitative estimate of drug-likeness (QED) is 0.526. The molecule has 2 aliphatic heterocycles. The number of fused-ring (bicyclic) bond motifs is 1. The van der Waals surface area contributed by atoms with E-state index in [9.17, 15) is 4.79 Å². The number of carbonyl (C=O) groups is 1. The molecule has 1 aromatic carbocycles. The van der Waals surface area contributed by atoms with E-state index in [1.165, 1.54) is 0 Å². The van der Waals surface area contributed by atoms with Crippen LogP contribution in [0.25, 0.3) is 10.9 Å². The number of benzene rings is 1. The topological polar surface area (TPSA) is 114 Å². The molecule has 0 atom stereocenters. The summed E-state index contributed by atoms with van der Waals surface area (Å²) in [6, 6.07) is 10.6. The molecule has 0 spiro atoms. The second-order valence-corrected chi connectivity index (χ2v) is 8.25. The Hall–Kier alpha value is -3.54. The van der Waals surface area contributed by atoms with Gasteiger partial charge in [0.25, 0.3) is 0 Å². The van der Waals surface area contributed by atoms with Gasteiger partial charge in [-0.3, -0.25) is 15.2 Å². The van der Waals surface area contributed by atoms with Gasteiger partial charge in [0.15, 0.2) is 0 Å². The molecule has 0 bridgehead atoms. The van der Waals surface area contributed by atoms with Gasteiger partial charge in [0, 0.05) is 50.4 Å². The fraction of sp³-hybridized carbons (Fsp3) is 0.417. The summed E-state index contributed by atoms with van der Waals surface area (Å²) >= 11 is 0. The molecule has 2 N–H and O–H groups in total. The molecule has 2 aliphatic rings. The van der Waals surface area contributed by atoms with Crippen molar-refractivity contribution in [2.75, 3.05) is 81.3 Å². The Morgan fingerprint density at radius 3 is 2.60 bits per heavy atom. The normalized spacial score (nSPS) is 16.7. The predicted molar refractivity (Wildman–Crippen MR) is 132 cm³/mol. The van der Waals surface area contributed by atoms with Gasteiger partial charge in [-0.15, -0.1) is 0 Å². The van der Waals surface area contributed by atoms with Crippen molar-refractivity contribution in [3.05, 3.63) is 42.6 Å². The van der Waals surface area contributed by atoms with Gasteiger partial charge in [0.05, 0.1) is 37.6 Å². The third-order valence-electron chi connectivity index (χ3n) is 5.88. The fourth-order valence-electron chi connectivity index (χ4n) is 4.04. The van der Waals surface area contributed by atoms with E-state index in [-0.39, 0.29) is 0 Å². The largest absolute Gasteiger partial charge is 0.476 e. The maximum Gasteiger partial charge on any atom is 0.324 e. The SMILES string of the molecule is O=C(Nc1cc(OCCN2CCOCC2)nc(N2CCOCC2)n1)Nc1cccc2ncccc12. The summed E-state index contributed by atoms with van der Waals surface area (Å²) in [6.45, 7) is 7.07. The highest BCUT2D eigenvalue weighted by Crippen LogP contribution is 2.23. The number of nitrogens with one attached hydrogen (secondary N) is 2. The van der Waals surface area contributed by atoms with Crippen LogP contribution in [0, 0.1) is 0 Å². The average Bonchev–Trinajstić information content (AvgIpc) is 2.90. The highest BCUT2D eigenvalue weighted by atomic mass is 16.5. The number of urea groups is 1. The summed E-state index contributed by atoms with van der Waals surface area (Å²) in [5, 5.41) is 6.58. The van der Waals surface area contributed by atoms with E-state index in [2.05, 4.69) is 30.5 Å². The predicted octanol–water partition coefficient (Wildman–Crippen LogP) is 2.22. The number of pyridine rings is 1. The van der Waals surface area contributed by atoms with Crippen molar-refractivity contribution in [1.29, 1.82) is 0 Å². The first-order valence-corrected chi connectivity index (χ1v) is 11.8. The number of nitrogens with zero attached hydrogens (tertiary/aromatic N) is 5. The molecule has 3 aromatic rings. The molecular formula is C24H29N7O4. The van der Waals surface area contributed by atoms with Gasteiger partial charge in [0.1, 0.15) is 12.4 Å². The molecule has 2 saturated heterocycles. The smallest absolute Gasteiger partial charge is 0.324 e. The van der Waals surface area contributed by atoms with Gasteiger partial charge >= 0.3 is 6.03 Å². The maximum atomic E-state index is 12.8. The Bertz CT molecular complexity index is 1140. The summed E-state index contributed by atoms with van der Waals surface area (Å²) < 4.78 is 16.8. The number of anilines is 3. The van der Waals surface area contributed by atoms with Crippen LogP contribution in [0.15, 0.2) is 42.6 Å². The molecular weight excluding hydrogens is 450 g/mol. The lowest BCUT2D eigenvalue weighted by Gasteiger charge is -2.28. The second-order valence-electron chi connectivity index (χ2n) is 8.25. The Morgan fingerprint density at radius 1 is 0.971 bits per heavy atom. The highest BCUT2D eigenvalue weighted by molar-refractivity contribution is 6.05. The van der Waals surface area contributed by atoms with Gasteiger partial charge in [-0.2, -0.15) is 9.97 Å². The molecule has 11 nitrogen and oxygen atoms in total. The molecule has 4 heterocycles. The third-order valence-corrected chi connectivity index (χ3v) is 5.88. The van der Waals surface area contributed by atoms with Crippen LogP contribution in [0.4, 0.5) is 22.2 Å². The monoisotopic (exact) mass is 479 g/mol. The molecule has 11 heteroatoms. The minimum Gasteiger partial charge on any atom is -0.476 e. The molecule has 2 fully saturated rings. The second kappa shape index (κ2) is 11.3. The van der Waals surface area contributed by atoms with Crippen LogP contribution in [-0.2, 0) is 9.47 Å². The van der Waals surface area contributed by atoms with Crippen molar-refractivity contribution >= 4 is 34.4 Å². The van der Waals surface area contributed by atoms with Crippen LogP contribution in [0.1, 0.15) is 0 Å².